The van der Waals surface area contributed by atoms with Gasteiger partial charge in [0.2, 0.25) is 0 Å². The van der Waals surface area contributed by atoms with E-state index in [9.17, 15) is 4.39 Å². The van der Waals surface area contributed by atoms with Gasteiger partial charge in [0.1, 0.15) is 5.82 Å². The Balaban J connectivity index is 1.91. The summed E-state index contributed by atoms with van der Waals surface area (Å²) < 4.78 is 19.6. The number of hydrogen-bond acceptors (Lipinski definition) is 4. The van der Waals surface area contributed by atoms with Crippen LogP contribution in [0, 0.1) is 11.3 Å². The van der Waals surface area contributed by atoms with E-state index in [4.69, 9.17) is 4.74 Å². The van der Waals surface area contributed by atoms with Crippen LogP contribution in [-0.4, -0.2) is 31.3 Å². The lowest BCUT2D eigenvalue weighted by molar-refractivity contribution is 0.122. The number of halogens is 1. The molecule has 20 heavy (non-hydrogen) atoms. The monoisotopic (exact) mass is 291 g/mol. The maximum atomic E-state index is 14.3. The van der Waals surface area contributed by atoms with E-state index < -0.39 is 0 Å². The molecule has 105 valence electrons. The molecule has 0 bridgehead atoms. The van der Waals surface area contributed by atoms with Gasteiger partial charge in [0.15, 0.2) is 5.51 Å². The van der Waals surface area contributed by atoms with Gasteiger partial charge in [-0.05, 0) is 18.6 Å². The minimum atomic E-state index is -0.195. The number of aryl methyl sites for hydroxylation is 1. The fourth-order valence-corrected chi connectivity index (χ4v) is 3.07. The van der Waals surface area contributed by atoms with Crippen LogP contribution in [0.1, 0.15) is 11.8 Å². The summed E-state index contributed by atoms with van der Waals surface area (Å²) in [5, 5.41) is 0. The zero-order valence-corrected chi connectivity index (χ0v) is 12.2. The molecule has 0 saturated carbocycles. The van der Waals surface area contributed by atoms with E-state index in [0.717, 1.165) is 35.6 Å². The Bertz CT molecular complexity index is 593. The highest BCUT2D eigenvalue weighted by molar-refractivity contribution is 7.09. The largest absolute Gasteiger partial charge is 0.378 e. The molecule has 0 spiro atoms. The third-order valence-electron chi connectivity index (χ3n) is 3.48. The van der Waals surface area contributed by atoms with Crippen LogP contribution in [0.2, 0.25) is 0 Å². The first-order valence-electron chi connectivity index (χ1n) is 6.78. The summed E-state index contributed by atoms with van der Waals surface area (Å²) in [6.07, 6.45) is 0.892. The van der Waals surface area contributed by atoms with Gasteiger partial charge in [0.25, 0.3) is 0 Å². The minimum absolute atomic E-state index is 0.195. The molecule has 0 unspecified atom stereocenters. The van der Waals surface area contributed by atoms with E-state index >= 15 is 0 Å². The van der Waals surface area contributed by atoms with Crippen LogP contribution in [0.25, 0.3) is 11.3 Å². The predicted octanol–water partition coefficient (Wildman–Crippen LogP) is 3.15. The summed E-state index contributed by atoms with van der Waals surface area (Å²) in [7, 11) is 0. The van der Waals surface area contributed by atoms with Crippen molar-refractivity contribution < 1.29 is 9.13 Å². The number of nitrogens with zero attached hydrogens (tertiary/aromatic N) is 2. The molecule has 0 N–H and O–H groups in total. The van der Waals surface area contributed by atoms with E-state index in [1.54, 1.807) is 6.07 Å². The molecule has 1 aliphatic heterocycles. The van der Waals surface area contributed by atoms with Crippen molar-refractivity contribution >= 4 is 17.0 Å². The molecule has 1 aliphatic rings. The van der Waals surface area contributed by atoms with Crippen LogP contribution in [0.3, 0.4) is 0 Å². The highest BCUT2D eigenvalue weighted by Crippen LogP contribution is 2.29. The van der Waals surface area contributed by atoms with E-state index in [2.05, 4.69) is 17.4 Å². The lowest BCUT2D eigenvalue weighted by atomic mass is 10.1. The van der Waals surface area contributed by atoms with Crippen molar-refractivity contribution in [2.75, 3.05) is 31.2 Å². The minimum Gasteiger partial charge on any atom is -0.378 e. The summed E-state index contributed by atoms with van der Waals surface area (Å²) in [5.41, 5.74) is 5.21. The van der Waals surface area contributed by atoms with Crippen molar-refractivity contribution in [3.8, 4) is 11.3 Å². The van der Waals surface area contributed by atoms with Crippen molar-refractivity contribution in [2.45, 2.75) is 13.3 Å². The quantitative estimate of drug-likeness (QED) is 0.868. The van der Waals surface area contributed by atoms with Crippen LogP contribution >= 0.6 is 11.3 Å². The molecule has 1 aromatic carbocycles. The molecule has 1 saturated heterocycles. The van der Waals surface area contributed by atoms with Crippen LogP contribution in [0.4, 0.5) is 10.1 Å². The lowest BCUT2D eigenvalue weighted by Crippen LogP contribution is -2.36. The van der Waals surface area contributed by atoms with Crippen molar-refractivity contribution in [1.82, 2.24) is 4.98 Å². The van der Waals surface area contributed by atoms with Crippen molar-refractivity contribution in [2.24, 2.45) is 0 Å². The van der Waals surface area contributed by atoms with Gasteiger partial charge >= 0.3 is 0 Å². The molecule has 3 nitrogen and oxygen atoms in total. The molecule has 5 heteroatoms. The van der Waals surface area contributed by atoms with Crippen LogP contribution in [0.15, 0.2) is 18.2 Å². The molecule has 0 aliphatic carbocycles. The van der Waals surface area contributed by atoms with Gasteiger partial charge in [-0.1, -0.05) is 13.0 Å². The average Bonchev–Trinajstić information content (AvgIpc) is 2.96. The van der Waals surface area contributed by atoms with Gasteiger partial charge in [-0.15, -0.1) is 11.3 Å². The second kappa shape index (κ2) is 5.89. The standard InChI is InChI=1S/C15H16FN2OS/c1-2-14-15(17-10-20-14)11-3-4-13(12(16)9-11)18-5-7-19-8-6-18/h3-4,9H,2,5-8H2,1H3. The molecule has 2 heterocycles. The number of benzene rings is 1. The van der Waals surface area contributed by atoms with Crippen molar-refractivity contribution in [3.05, 3.63) is 34.4 Å². The van der Waals surface area contributed by atoms with Gasteiger partial charge in [-0.2, -0.15) is 0 Å². The topological polar surface area (TPSA) is 25.4 Å². The summed E-state index contributed by atoms with van der Waals surface area (Å²) in [5.74, 6) is -0.195. The number of hydrogen-bond donors (Lipinski definition) is 0. The maximum Gasteiger partial charge on any atom is 0.153 e. The molecule has 2 aromatic rings. The molecule has 1 aromatic heterocycles. The zero-order chi connectivity index (χ0) is 13.9. The number of aromatic nitrogens is 1. The number of thiazole rings is 1. The second-order valence-electron chi connectivity index (χ2n) is 4.70. The van der Waals surface area contributed by atoms with Crippen LogP contribution < -0.4 is 4.90 Å². The first kappa shape index (κ1) is 13.5. The molecular weight excluding hydrogens is 275 g/mol. The Morgan fingerprint density at radius 1 is 1.40 bits per heavy atom. The average molecular weight is 291 g/mol. The number of ether oxygens (including phenoxy) is 1. The Hall–Kier alpha value is -1.46. The van der Waals surface area contributed by atoms with E-state index in [1.807, 2.05) is 17.0 Å². The summed E-state index contributed by atoms with van der Waals surface area (Å²) >= 11 is 1.50. The van der Waals surface area contributed by atoms with Gasteiger partial charge in [0.05, 0.1) is 24.6 Å². The van der Waals surface area contributed by atoms with E-state index in [-0.39, 0.29) is 5.82 Å². The van der Waals surface area contributed by atoms with Gasteiger partial charge < -0.3 is 9.64 Å². The van der Waals surface area contributed by atoms with Crippen molar-refractivity contribution in [3.63, 3.8) is 0 Å². The maximum absolute atomic E-state index is 14.3. The van der Waals surface area contributed by atoms with Gasteiger partial charge in [-0.3, -0.25) is 0 Å². The Morgan fingerprint density at radius 3 is 2.90 bits per heavy atom. The molecule has 0 atom stereocenters. The van der Waals surface area contributed by atoms with Crippen LogP contribution in [0.5, 0.6) is 0 Å². The summed E-state index contributed by atoms with van der Waals surface area (Å²) in [6, 6.07) is 5.36. The summed E-state index contributed by atoms with van der Waals surface area (Å²) in [4.78, 5) is 7.40. The third-order valence-corrected chi connectivity index (χ3v) is 4.40. The number of anilines is 1. The third kappa shape index (κ3) is 2.55. The molecule has 0 amide bonds. The molecule has 1 fully saturated rings. The number of morpholine rings is 1. The molecule has 3 rings (SSSR count). The van der Waals surface area contributed by atoms with Crippen molar-refractivity contribution in [1.29, 1.82) is 0 Å². The molecular formula is C15H16FN2OS. The highest BCUT2D eigenvalue weighted by Gasteiger charge is 2.16. The fourth-order valence-electron chi connectivity index (χ4n) is 2.41. The zero-order valence-electron chi connectivity index (χ0n) is 11.4. The second-order valence-corrected chi connectivity index (χ2v) is 5.58. The predicted molar refractivity (Wildman–Crippen MR) is 78.8 cm³/mol. The fraction of sp³-hybridized carbons (Fsp3) is 0.400. The van der Waals surface area contributed by atoms with E-state index in [0.29, 0.717) is 18.9 Å². The number of rotatable bonds is 3. The SMILES string of the molecule is CCc1s[c]nc1-c1ccc(N2CCOCC2)c(F)c1. The lowest BCUT2D eigenvalue weighted by Gasteiger charge is -2.29. The normalized spacial score (nSPS) is 15.6. The first-order valence-corrected chi connectivity index (χ1v) is 7.59. The van der Waals surface area contributed by atoms with Crippen LogP contribution in [-0.2, 0) is 11.2 Å². The smallest absolute Gasteiger partial charge is 0.153 e. The highest BCUT2D eigenvalue weighted by atomic mass is 32.1. The first-order chi connectivity index (χ1) is 9.79. The Kier molecular flexibility index (Phi) is 3.98. The Morgan fingerprint density at radius 2 is 2.20 bits per heavy atom. The van der Waals surface area contributed by atoms with E-state index in [1.165, 1.54) is 11.3 Å². The molecule has 1 radical (unpaired) electrons. The van der Waals surface area contributed by atoms with Gasteiger partial charge in [-0.25, -0.2) is 9.37 Å². The Labute approximate surface area is 122 Å². The van der Waals surface area contributed by atoms with Gasteiger partial charge in [0, 0.05) is 23.5 Å². The summed E-state index contributed by atoms with van der Waals surface area (Å²) in [6.45, 7) is 4.86.